The van der Waals surface area contributed by atoms with E-state index in [1.165, 1.54) is 6.07 Å². The van der Waals surface area contributed by atoms with E-state index in [0.717, 1.165) is 41.8 Å². The third-order valence-electron chi connectivity index (χ3n) is 10.2. The van der Waals surface area contributed by atoms with Gasteiger partial charge in [0.1, 0.15) is 34.1 Å². The van der Waals surface area contributed by atoms with Gasteiger partial charge in [-0.25, -0.2) is 26.5 Å². The predicted molar refractivity (Wildman–Crippen MR) is 205 cm³/mol. The summed E-state index contributed by atoms with van der Waals surface area (Å²) >= 11 is 0. The van der Waals surface area contributed by atoms with Crippen LogP contribution in [0.3, 0.4) is 0 Å². The first-order valence-corrected chi connectivity index (χ1v) is 21.3. The number of ether oxygens (including phenoxy) is 2. The number of para-hydroxylation sites is 1. The van der Waals surface area contributed by atoms with Crippen molar-refractivity contribution in [3.63, 3.8) is 0 Å². The molecule has 1 saturated heterocycles. The Balaban J connectivity index is 1.17. The number of sulfonamides is 2. The number of benzene rings is 3. The summed E-state index contributed by atoms with van der Waals surface area (Å²) in [5, 5.41) is 6.65. The summed E-state index contributed by atoms with van der Waals surface area (Å²) in [5.74, 6) is -1.05. The van der Waals surface area contributed by atoms with E-state index in [9.17, 15) is 26.4 Å². The Morgan fingerprint density at radius 1 is 1.02 bits per heavy atom. The molecule has 54 heavy (non-hydrogen) atoms. The summed E-state index contributed by atoms with van der Waals surface area (Å²) in [4.78, 5) is 32.9. The molecule has 0 bridgehead atoms. The van der Waals surface area contributed by atoms with Crippen LogP contribution in [0.5, 0.6) is 11.5 Å². The van der Waals surface area contributed by atoms with Crippen molar-refractivity contribution in [1.82, 2.24) is 19.3 Å². The molecule has 7 rings (SSSR count). The summed E-state index contributed by atoms with van der Waals surface area (Å²) < 4.78 is 68.8. The zero-order valence-corrected chi connectivity index (χ0v) is 31.7. The fourth-order valence-corrected chi connectivity index (χ4v) is 9.55. The number of fused-ring (bicyclic) bond motifs is 3. The van der Waals surface area contributed by atoms with Crippen molar-refractivity contribution >= 4 is 48.5 Å². The SMILES string of the molecule is COc1ccc2c(OC3C[C@@H](C(=O)N[C@]45CC4/C=C\CCCCCNc4ccccc4S(=O)(=O)NC5=O)N(S(C)(=O)=O)C3)cc(-c3ccccc3)nc2c1. The fourth-order valence-electron chi connectivity index (χ4n) is 7.24. The van der Waals surface area contributed by atoms with Gasteiger partial charge in [0.25, 0.3) is 15.9 Å². The molecule has 4 atom stereocenters. The Morgan fingerprint density at radius 2 is 1.80 bits per heavy atom. The Kier molecular flexibility index (Phi) is 10.4. The fraction of sp³-hybridized carbons (Fsp3) is 0.359. The number of hydrogen-bond donors (Lipinski definition) is 3. The molecule has 1 aromatic heterocycles. The number of carbonyl (C=O) groups excluding carboxylic acids is 2. The number of pyridine rings is 1. The highest BCUT2D eigenvalue weighted by atomic mass is 32.2. The maximum atomic E-state index is 14.2. The molecule has 3 N–H and O–H groups in total. The number of amides is 2. The minimum Gasteiger partial charge on any atom is -0.497 e. The van der Waals surface area contributed by atoms with E-state index >= 15 is 0 Å². The van der Waals surface area contributed by atoms with Gasteiger partial charge in [-0.2, -0.15) is 4.31 Å². The van der Waals surface area contributed by atoms with Gasteiger partial charge in [0, 0.05) is 42.0 Å². The normalized spacial score (nSPS) is 25.1. The molecular formula is C39H43N5O8S2. The van der Waals surface area contributed by atoms with E-state index in [-0.39, 0.29) is 24.3 Å². The number of anilines is 1. The average molecular weight is 774 g/mol. The zero-order chi connectivity index (χ0) is 38.1. The van der Waals surface area contributed by atoms with Crippen LogP contribution in [0.25, 0.3) is 22.2 Å². The Labute approximate surface area is 315 Å². The molecule has 2 aliphatic heterocycles. The summed E-state index contributed by atoms with van der Waals surface area (Å²) in [6, 6.07) is 21.8. The maximum absolute atomic E-state index is 14.2. The number of hydrogen-bond acceptors (Lipinski definition) is 10. The zero-order valence-electron chi connectivity index (χ0n) is 30.0. The van der Waals surface area contributed by atoms with Gasteiger partial charge >= 0.3 is 0 Å². The average Bonchev–Trinajstić information content (AvgIpc) is 3.67. The molecule has 2 unspecified atom stereocenters. The minimum absolute atomic E-state index is 0.0188. The van der Waals surface area contributed by atoms with Crippen molar-refractivity contribution in [2.75, 3.05) is 31.8 Å². The largest absolute Gasteiger partial charge is 0.497 e. The second kappa shape index (κ2) is 15.0. The van der Waals surface area contributed by atoms with E-state index < -0.39 is 55.5 Å². The van der Waals surface area contributed by atoms with Gasteiger partial charge in [0.05, 0.1) is 36.8 Å². The Hall–Kier alpha value is -4.99. The smallest absolute Gasteiger partial charge is 0.266 e. The number of rotatable bonds is 7. The molecule has 284 valence electrons. The highest BCUT2D eigenvalue weighted by molar-refractivity contribution is 7.90. The number of carbonyl (C=O) groups is 2. The van der Waals surface area contributed by atoms with Gasteiger partial charge < -0.3 is 20.1 Å². The van der Waals surface area contributed by atoms with E-state index in [4.69, 9.17) is 14.5 Å². The number of nitrogens with zero attached hydrogens (tertiary/aromatic N) is 2. The number of nitrogens with one attached hydrogen (secondary N) is 3. The van der Waals surface area contributed by atoms with Crippen molar-refractivity contribution in [3.8, 4) is 22.8 Å². The van der Waals surface area contributed by atoms with Crippen molar-refractivity contribution in [1.29, 1.82) is 0 Å². The van der Waals surface area contributed by atoms with Gasteiger partial charge in [-0.05, 0) is 49.9 Å². The molecule has 2 fully saturated rings. The minimum atomic E-state index is -4.35. The topological polar surface area (TPSA) is 173 Å². The Morgan fingerprint density at radius 3 is 2.57 bits per heavy atom. The second-order valence-corrected chi connectivity index (χ2v) is 17.6. The molecule has 15 heteroatoms. The third-order valence-corrected chi connectivity index (χ3v) is 12.8. The van der Waals surface area contributed by atoms with Gasteiger partial charge in [-0.1, -0.05) is 61.0 Å². The van der Waals surface area contributed by atoms with Crippen LogP contribution in [-0.2, 0) is 29.6 Å². The van der Waals surface area contributed by atoms with Crippen LogP contribution in [0.4, 0.5) is 5.69 Å². The van der Waals surface area contributed by atoms with Crippen molar-refractivity contribution in [2.24, 2.45) is 5.92 Å². The van der Waals surface area contributed by atoms with Crippen LogP contribution in [0.15, 0.2) is 95.9 Å². The number of aromatic nitrogens is 1. The number of allylic oxidation sites excluding steroid dienone is 1. The molecule has 0 spiro atoms. The van der Waals surface area contributed by atoms with Crippen LogP contribution < -0.4 is 24.8 Å². The standard InChI is InChI=1S/C39H43N5O8S2/c1-51-28-18-19-30-33(21-28)41-32(26-13-7-6-8-14-26)23-35(30)52-29-22-34(44(25-29)53(2,47)48)37(45)42-39-24-27(39)15-9-4-3-5-12-20-40-31-16-10-11-17-36(31)54(49,50)43-38(39)46/h6-11,13-19,21,23,27,29,34,40H,3-5,12,20,22,24-25H2,1-2H3,(H,42,45)(H,43,46)/b15-9-/t27?,29?,34-,39+/m0/s1. The first-order chi connectivity index (χ1) is 25.9. The summed E-state index contributed by atoms with van der Waals surface area (Å²) in [7, 11) is -6.72. The van der Waals surface area contributed by atoms with Crippen LogP contribution in [-0.4, -0.2) is 82.1 Å². The van der Waals surface area contributed by atoms with E-state index in [2.05, 4.69) is 15.4 Å². The van der Waals surface area contributed by atoms with Gasteiger partial charge in [0.15, 0.2) is 0 Å². The van der Waals surface area contributed by atoms with Crippen molar-refractivity contribution < 1.29 is 35.9 Å². The second-order valence-electron chi connectivity index (χ2n) is 14.0. The van der Waals surface area contributed by atoms with Gasteiger partial charge in [0.2, 0.25) is 15.9 Å². The molecule has 0 radical (unpaired) electrons. The molecule has 3 aromatic carbocycles. The lowest BCUT2D eigenvalue weighted by molar-refractivity contribution is -0.131. The maximum Gasteiger partial charge on any atom is 0.266 e. The summed E-state index contributed by atoms with van der Waals surface area (Å²) in [6.07, 6.45) is 7.59. The van der Waals surface area contributed by atoms with Crippen molar-refractivity contribution in [3.05, 3.63) is 91.0 Å². The Bertz CT molecular complexity index is 2320. The van der Waals surface area contributed by atoms with Crippen molar-refractivity contribution in [2.45, 2.75) is 61.1 Å². The molecule has 3 heterocycles. The summed E-state index contributed by atoms with van der Waals surface area (Å²) in [5.41, 5.74) is 0.854. The predicted octanol–water partition coefficient (Wildman–Crippen LogP) is 4.61. The highest BCUT2D eigenvalue weighted by Crippen LogP contribution is 2.46. The van der Waals surface area contributed by atoms with Crippen LogP contribution >= 0.6 is 0 Å². The molecule has 2 amide bonds. The van der Waals surface area contributed by atoms with Crippen LogP contribution in [0, 0.1) is 5.92 Å². The molecule has 4 aromatic rings. The molecule has 1 aliphatic carbocycles. The van der Waals surface area contributed by atoms with Crippen LogP contribution in [0.1, 0.15) is 38.5 Å². The van der Waals surface area contributed by atoms with E-state index in [0.29, 0.717) is 40.3 Å². The lowest BCUT2D eigenvalue weighted by Gasteiger charge is -2.25. The lowest BCUT2D eigenvalue weighted by Crippen LogP contribution is -2.56. The number of methoxy groups -OCH3 is 1. The van der Waals surface area contributed by atoms with Gasteiger partial charge in [-0.15, -0.1) is 0 Å². The quantitative estimate of drug-likeness (QED) is 0.225. The highest BCUT2D eigenvalue weighted by Gasteiger charge is 2.61. The van der Waals surface area contributed by atoms with E-state index in [1.807, 2.05) is 48.6 Å². The molecule has 13 nitrogen and oxygen atoms in total. The third kappa shape index (κ3) is 7.79. The summed E-state index contributed by atoms with van der Waals surface area (Å²) in [6.45, 7) is 0.439. The molecule has 3 aliphatic rings. The van der Waals surface area contributed by atoms with Gasteiger partial charge in [-0.3, -0.25) is 9.59 Å². The lowest BCUT2D eigenvalue weighted by atomic mass is 10.1. The monoisotopic (exact) mass is 773 g/mol. The first kappa shape index (κ1) is 37.3. The molecule has 1 saturated carbocycles. The first-order valence-electron chi connectivity index (χ1n) is 17.9. The molecular weight excluding hydrogens is 731 g/mol. The van der Waals surface area contributed by atoms with Crippen LogP contribution in [0.2, 0.25) is 0 Å². The van der Waals surface area contributed by atoms with E-state index in [1.54, 1.807) is 43.5 Å².